The first-order valence-corrected chi connectivity index (χ1v) is 6.33. The summed E-state index contributed by atoms with van der Waals surface area (Å²) in [7, 11) is 0. The van der Waals surface area contributed by atoms with Gasteiger partial charge in [0.1, 0.15) is 17.2 Å². The highest BCUT2D eigenvalue weighted by molar-refractivity contribution is 9.10. The van der Waals surface area contributed by atoms with E-state index in [2.05, 4.69) is 15.9 Å². The molecule has 1 heterocycles. The Bertz CT molecular complexity index is 458. The normalized spacial score (nSPS) is 20.0. The number of halogens is 3. The summed E-state index contributed by atoms with van der Waals surface area (Å²) < 4.78 is 32.9. The lowest BCUT2D eigenvalue weighted by Crippen LogP contribution is -2.45. The number of morpholine rings is 1. The number of hydrogen-bond donors (Lipinski definition) is 0. The fraction of sp³-hybridized carbons (Fsp3) is 0.417. The van der Waals surface area contributed by atoms with Crippen LogP contribution in [0.25, 0.3) is 0 Å². The molecule has 1 fully saturated rings. The molecule has 2 rings (SSSR count). The maximum Gasteiger partial charge on any atom is 0.259 e. The molecule has 1 atom stereocenters. The SMILES string of the molecule is CC1CN(C(=O)c2c(F)cc(Br)cc2F)CCO1. The van der Waals surface area contributed by atoms with Crippen LogP contribution in [0, 0.1) is 11.6 Å². The van der Waals surface area contributed by atoms with Gasteiger partial charge in [0.05, 0.1) is 12.7 Å². The summed E-state index contributed by atoms with van der Waals surface area (Å²) in [6.45, 7) is 2.88. The van der Waals surface area contributed by atoms with Gasteiger partial charge in [-0.3, -0.25) is 4.79 Å². The summed E-state index contributed by atoms with van der Waals surface area (Å²) in [4.78, 5) is 13.5. The molecule has 3 nitrogen and oxygen atoms in total. The van der Waals surface area contributed by atoms with E-state index in [0.29, 0.717) is 19.7 Å². The summed E-state index contributed by atoms with van der Waals surface area (Å²) in [6, 6.07) is 2.17. The minimum Gasteiger partial charge on any atom is -0.375 e. The molecule has 1 amide bonds. The Hall–Kier alpha value is -1.01. The molecule has 1 saturated heterocycles. The van der Waals surface area contributed by atoms with Crippen LogP contribution in [0.2, 0.25) is 0 Å². The summed E-state index contributed by atoms with van der Waals surface area (Å²) in [5, 5.41) is 0. The molecule has 0 aliphatic carbocycles. The van der Waals surface area contributed by atoms with Crippen molar-refractivity contribution in [1.82, 2.24) is 4.90 Å². The van der Waals surface area contributed by atoms with E-state index < -0.39 is 23.1 Å². The number of benzene rings is 1. The number of carbonyl (C=O) groups is 1. The third kappa shape index (κ3) is 2.70. The number of hydrogen-bond acceptors (Lipinski definition) is 2. The lowest BCUT2D eigenvalue weighted by atomic mass is 10.1. The minimum absolute atomic E-state index is 0.121. The van der Waals surface area contributed by atoms with Crippen molar-refractivity contribution < 1.29 is 18.3 Å². The molecule has 0 N–H and O–H groups in total. The van der Waals surface area contributed by atoms with E-state index >= 15 is 0 Å². The number of rotatable bonds is 1. The smallest absolute Gasteiger partial charge is 0.259 e. The number of ether oxygens (including phenoxy) is 1. The molecule has 1 unspecified atom stereocenters. The monoisotopic (exact) mass is 319 g/mol. The van der Waals surface area contributed by atoms with Crippen LogP contribution in [0.5, 0.6) is 0 Å². The molecule has 98 valence electrons. The lowest BCUT2D eigenvalue weighted by Gasteiger charge is -2.31. The van der Waals surface area contributed by atoms with Crippen LogP contribution in [-0.4, -0.2) is 36.6 Å². The first-order valence-electron chi connectivity index (χ1n) is 5.54. The van der Waals surface area contributed by atoms with Gasteiger partial charge in [-0.25, -0.2) is 8.78 Å². The maximum atomic E-state index is 13.7. The quantitative estimate of drug-likeness (QED) is 0.796. The van der Waals surface area contributed by atoms with Gasteiger partial charge in [0, 0.05) is 17.6 Å². The average molecular weight is 320 g/mol. The van der Waals surface area contributed by atoms with E-state index in [1.807, 2.05) is 6.92 Å². The zero-order valence-corrected chi connectivity index (χ0v) is 11.3. The summed E-state index contributed by atoms with van der Waals surface area (Å²) >= 11 is 2.98. The van der Waals surface area contributed by atoms with Crippen molar-refractivity contribution in [3.05, 3.63) is 33.8 Å². The van der Waals surface area contributed by atoms with E-state index in [0.717, 1.165) is 12.1 Å². The predicted octanol–water partition coefficient (Wildman–Crippen LogP) is 2.59. The second-order valence-corrected chi connectivity index (χ2v) is 5.09. The van der Waals surface area contributed by atoms with E-state index in [4.69, 9.17) is 4.74 Å². The third-order valence-electron chi connectivity index (χ3n) is 2.75. The Labute approximate surface area is 112 Å². The van der Waals surface area contributed by atoms with Gasteiger partial charge in [0.2, 0.25) is 0 Å². The number of nitrogens with zero attached hydrogens (tertiary/aromatic N) is 1. The molecule has 0 radical (unpaired) electrons. The van der Waals surface area contributed by atoms with Crippen molar-refractivity contribution >= 4 is 21.8 Å². The second kappa shape index (κ2) is 5.32. The highest BCUT2D eigenvalue weighted by atomic mass is 79.9. The van der Waals surface area contributed by atoms with Crippen LogP contribution < -0.4 is 0 Å². The Morgan fingerprint density at radius 1 is 1.44 bits per heavy atom. The number of amides is 1. The Kier molecular flexibility index (Phi) is 3.97. The Morgan fingerprint density at radius 3 is 2.61 bits per heavy atom. The fourth-order valence-electron chi connectivity index (χ4n) is 1.91. The fourth-order valence-corrected chi connectivity index (χ4v) is 2.31. The van der Waals surface area contributed by atoms with Crippen LogP contribution in [0.4, 0.5) is 8.78 Å². The molecule has 18 heavy (non-hydrogen) atoms. The van der Waals surface area contributed by atoms with Crippen LogP contribution in [0.15, 0.2) is 16.6 Å². The van der Waals surface area contributed by atoms with Gasteiger partial charge in [-0.05, 0) is 19.1 Å². The number of carbonyl (C=O) groups excluding carboxylic acids is 1. The van der Waals surface area contributed by atoms with Crippen LogP contribution in [-0.2, 0) is 4.74 Å². The van der Waals surface area contributed by atoms with Gasteiger partial charge in [0.25, 0.3) is 5.91 Å². The van der Waals surface area contributed by atoms with Gasteiger partial charge in [-0.2, -0.15) is 0 Å². The van der Waals surface area contributed by atoms with Gasteiger partial charge in [0.15, 0.2) is 0 Å². The Balaban J connectivity index is 2.28. The molecule has 1 aliphatic rings. The highest BCUT2D eigenvalue weighted by Gasteiger charge is 2.27. The molecule has 6 heteroatoms. The van der Waals surface area contributed by atoms with Crippen molar-refractivity contribution in [1.29, 1.82) is 0 Å². The van der Waals surface area contributed by atoms with Crippen molar-refractivity contribution in [2.75, 3.05) is 19.7 Å². The Morgan fingerprint density at radius 2 is 2.06 bits per heavy atom. The summed E-state index contributed by atoms with van der Waals surface area (Å²) in [6.07, 6.45) is -0.121. The molecule has 0 aromatic heterocycles. The van der Waals surface area contributed by atoms with Gasteiger partial charge in [-0.1, -0.05) is 15.9 Å². The van der Waals surface area contributed by atoms with E-state index in [9.17, 15) is 13.6 Å². The van der Waals surface area contributed by atoms with E-state index in [-0.39, 0.29) is 10.6 Å². The molecule has 0 spiro atoms. The molecule has 1 aliphatic heterocycles. The molecule has 0 bridgehead atoms. The van der Waals surface area contributed by atoms with Crippen LogP contribution in [0.3, 0.4) is 0 Å². The van der Waals surface area contributed by atoms with Gasteiger partial charge >= 0.3 is 0 Å². The van der Waals surface area contributed by atoms with Crippen molar-refractivity contribution in [2.24, 2.45) is 0 Å². The topological polar surface area (TPSA) is 29.5 Å². The lowest BCUT2D eigenvalue weighted by molar-refractivity contribution is -0.0127. The average Bonchev–Trinajstić information content (AvgIpc) is 2.27. The minimum atomic E-state index is -0.856. The van der Waals surface area contributed by atoms with E-state index in [1.54, 1.807) is 0 Å². The maximum absolute atomic E-state index is 13.7. The zero-order chi connectivity index (χ0) is 13.3. The molecular weight excluding hydrogens is 308 g/mol. The molecule has 1 aromatic rings. The van der Waals surface area contributed by atoms with Crippen LogP contribution in [0.1, 0.15) is 17.3 Å². The largest absolute Gasteiger partial charge is 0.375 e. The molecular formula is C12H12BrF2NO2. The zero-order valence-electron chi connectivity index (χ0n) is 9.75. The first kappa shape index (κ1) is 13.4. The second-order valence-electron chi connectivity index (χ2n) is 4.18. The summed E-state index contributed by atoms with van der Waals surface area (Å²) in [5.74, 6) is -2.34. The van der Waals surface area contributed by atoms with Gasteiger partial charge < -0.3 is 9.64 Å². The molecule has 1 aromatic carbocycles. The predicted molar refractivity (Wildman–Crippen MR) is 65.4 cm³/mol. The third-order valence-corrected chi connectivity index (χ3v) is 3.21. The standard InChI is InChI=1S/C12H12BrF2NO2/c1-7-6-16(2-3-18-7)12(17)11-9(14)4-8(13)5-10(11)15/h4-5,7H,2-3,6H2,1H3. The van der Waals surface area contributed by atoms with Gasteiger partial charge in [-0.15, -0.1) is 0 Å². The van der Waals surface area contributed by atoms with Crippen molar-refractivity contribution in [2.45, 2.75) is 13.0 Å². The highest BCUT2D eigenvalue weighted by Crippen LogP contribution is 2.21. The van der Waals surface area contributed by atoms with Crippen molar-refractivity contribution in [3.8, 4) is 0 Å². The van der Waals surface area contributed by atoms with Crippen LogP contribution >= 0.6 is 15.9 Å². The van der Waals surface area contributed by atoms with Crippen molar-refractivity contribution in [3.63, 3.8) is 0 Å². The van der Waals surface area contributed by atoms with E-state index in [1.165, 1.54) is 4.90 Å². The molecule has 0 saturated carbocycles. The first-order chi connectivity index (χ1) is 8.49. The summed E-state index contributed by atoms with van der Waals surface area (Å²) in [5.41, 5.74) is -0.507.